The van der Waals surface area contributed by atoms with Crippen molar-refractivity contribution in [3.8, 4) is 0 Å². The zero-order valence-corrected chi connectivity index (χ0v) is 9.36. The zero-order valence-electron chi connectivity index (χ0n) is 2.71. The summed E-state index contributed by atoms with van der Waals surface area (Å²) in [4.78, 5) is 0. The normalized spacial score (nSPS) is 4.00. The van der Waals surface area contributed by atoms with Crippen LogP contribution in [0.2, 0.25) is 0 Å². The molecule has 0 bridgehead atoms. The van der Waals surface area contributed by atoms with Crippen molar-refractivity contribution in [2.75, 3.05) is 0 Å². The van der Waals surface area contributed by atoms with Crippen molar-refractivity contribution in [2.24, 2.45) is 0 Å². The molecule has 1 radical (unpaired) electrons. The van der Waals surface area contributed by atoms with Crippen LogP contribution in [-0.4, -0.2) is 77.0 Å². The number of hydrogen-bond acceptors (Lipinski definition) is 0. The molecule has 6 heavy (non-hydrogen) atoms. The van der Waals surface area contributed by atoms with E-state index in [9.17, 15) is 0 Å². The van der Waals surface area contributed by atoms with Gasteiger partial charge in [0.05, 0.1) is 0 Å². The van der Waals surface area contributed by atoms with E-state index < -0.39 is 0 Å². The zero-order chi connectivity index (χ0) is 2.71. The maximum absolute atomic E-state index is 1.49. The van der Waals surface area contributed by atoms with E-state index in [1.54, 1.807) is 0 Å². The fourth-order valence-corrected chi connectivity index (χ4v) is 0. The summed E-state index contributed by atoms with van der Waals surface area (Å²) in [7, 11) is 2.99. The van der Waals surface area contributed by atoms with Gasteiger partial charge in [-0.05, 0) is 0 Å². The van der Waals surface area contributed by atoms with E-state index in [2.05, 4.69) is 0 Å². The van der Waals surface area contributed by atoms with Gasteiger partial charge in [-0.2, -0.15) is 0 Å². The Morgan fingerprint density at radius 3 is 1.17 bits per heavy atom. The van der Waals surface area contributed by atoms with Crippen LogP contribution in [0.1, 0.15) is 0 Å². The summed E-state index contributed by atoms with van der Waals surface area (Å²) in [5.41, 5.74) is 0. The van der Waals surface area contributed by atoms with Gasteiger partial charge in [0.1, 0.15) is 0 Å². The summed E-state index contributed by atoms with van der Waals surface area (Å²) in [6, 6.07) is 0. The van der Waals surface area contributed by atoms with Gasteiger partial charge >= 0.3 is 77.0 Å². The molecular weight excluding hydrogens is 383 g/mol. The van der Waals surface area contributed by atoms with Crippen LogP contribution in [0.4, 0.5) is 0 Å². The van der Waals surface area contributed by atoms with Gasteiger partial charge in [0.25, 0.3) is 0 Å². The van der Waals surface area contributed by atoms with Gasteiger partial charge in [0.2, 0.25) is 0 Å². The van der Waals surface area contributed by atoms with Crippen molar-refractivity contribution in [3.05, 3.63) is 0 Å². The molecule has 6 heteroatoms. The van der Waals surface area contributed by atoms with E-state index >= 15 is 0 Å². The maximum atomic E-state index is 1.49. The molecule has 0 aliphatic rings. The Balaban J connectivity index is -0.00000000667. The fourth-order valence-electron chi connectivity index (χ4n) is 0. The van der Waals surface area contributed by atoms with Gasteiger partial charge in [-0.1, -0.05) is 0 Å². The van der Waals surface area contributed by atoms with Crippen LogP contribution in [0.15, 0.2) is 0 Å². The third-order valence-corrected chi connectivity index (χ3v) is 0. The van der Waals surface area contributed by atoms with E-state index in [1.807, 2.05) is 0 Å². The first-order chi connectivity index (χ1) is 1.41. The van der Waals surface area contributed by atoms with Crippen LogP contribution in [0, 0.1) is 0 Å². The van der Waals surface area contributed by atoms with Crippen molar-refractivity contribution in [3.63, 3.8) is 0 Å². The van der Waals surface area contributed by atoms with Crippen molar-refractivity contribution < 1.29 is 17.1 Å². The topological polar surface area (TPSA) is 0 Å². The van der Waals surface area contributed by atoms with Gasteiger partial charge in [-0.3, -0.25) is 0 Å². The summed E-state index contributed by atoms with van der Waals surface area (Å²) >= 11 is 1.15. The first kappa shape index (κ1) is 23.1. The van der Waals surface area contributed by atoms with Gasteiger partial charge in [-0.15, -0.1) is 0 Å². The van der Waals surface area contributed by atoms with E-state index in [4.69, 9.17) is 0 Å². The van der Waals surface area contributed by atoms with Crippen LogP contribution >= 0.6 is 0 Å². The molecule has 0 aromatic heterocycles. The Labute approximate surface area is 92.6 Å². The third-order valence-electron chi connectivity index (χ3n) is 0. The number of hydrogen-bond donors (Lipinski definition) is 0. The van der Waals surface area contributed by atoms with Crippen LogP contribution in [0.5, 0.6) is 0 Å². The summed E-state index contributed by atoms with van der Waals surface area (Å²) in [6.07, 6.45) is 0. The Hall–Kier alpha value is 2.98. The van der Waals surface area contributed by atoms with Gasteiger partial charge in [0.15, 0.2) is 0 Å². The fraction of sp³-hybridized carbons (Fsp3) is 0. The average Bonchev–Trinajstić information content (AvgIpc) is 0.918. The first-order valence-electron chi connectivity index (χ1n) is 0.816. The predicted molar refractivity (Wildman–Crippen MR) is 45.5 cm³/mol. The standard InChI is InChI=1S/Cu.Ga.In.H6SeSi2.6H/c;;;2-1-3;;;;;;/h;;;2-3H3;;;;;;. The van der Waals surface area contributed by atoms with Gasteiger partial charge < -0.3 is 0 Å². The predicted octanol–water partition coefficient (Wildman–Crippen LogP) is -5.12. The minimum absolute atomic E-state index is 0. The average molecular weight is 395 g/mol. The summed E-state index contributed by atoms with van der Waals surface area (Å²) in [6.45, 7) is 0. The molecule has 0 heterocycles. The molecule has 0 saturated carbocycles. The monoisotopic (exact) mass is 395 g/mol. The van der Waals surface area contributed by atoms with Crippen molar-refractivity contribution in [1.82, 2.24) is 0 Å². The van der Waals surface area contributed by atoms with Crippen LogP contribution in [-0.2, 0) is 17.1 Å². The molecule has 0 aromatic rings. The number of rotatable bonds is 0. The Morgan fingerprint density at radius 2 is 1.17 bits per heavy atom. The molecule has 0 saturated heterocycles. The Bertz CT molecular complexity index is 13.5. The molecule has 0 spiro atoms. The molecular formula is H12CuGaInSeSi2. The van der Waals surface area contributed by atoms with Crippen molar-refractivity contribution in [1.29, 1.82) is 0 Å². The Morgan fingerprint density at radius 1 is 1.17 bits per heavy atom. The van der Waals surface area contributed by atoms with E-state index in [-0.39, 0.29) is 62.7 Å². The van der Waals surface area contributed by atoms with Gasteiger partial charge in [-0.25, -0.2) is 0 Å². The second kappa shape index (κ2) is 24.5. The van der Waals surface area contributed by atoms with E-state index in [0.29, 0.717) is 0 Å². The Kier molecular flexibility index (Phi) is 94.3. The second-order valence-electron chi connectivity index (χ2n) is 0.408. The van der Waals surface area contributed by atoms with E-state index in [0.717, 1.165) is 13.7 Å². The first-order valence-corrected chi connectivity index (χ1v) is 12.7. The van der Waals surface area contributed by atoms with Crippen LogP contribution < -0.4 is 0 Å². The molecule has 0 aromatic carbocycles. The molecule has 0 aliphatic carbocycles. The molecule has 0 aliphatic heterocycles. The van der Waals surface area contributed by atoms with Crippen LogP contribution in [0.3, 0.4) is 0 Å². The summed E-state index contributed by atoms with van der Waals surface area (Å²) < 4.78 is 0. The minimum atomic E-state index is 0. The van der Waals surface area contributed by atoms with Gasteiger partial charge in [0, 0.05) is 17.1 Å². The van der Waals surface area contributed by atoms with Crippen molar-refractivity contribution >= 4 is 77.0 Å². The SMILES string of the molecule is [Cu].[GaH3].[InH3].[SiH3][Se][SiH3]. The van der Waals surface area contributed by atoms with Crippen LogP contribution in [0.25, 0.3) is 0 Å². The molecule has 0 rings (SSSR count). The third kappa shape index (κ3) is 28.1. The second-order valence-corrected chi connectivity index (χ2v) is 19.1. The molecule has 0 amide bonds. The molecule has 0 unspecified atom stereocenters. The van der Waals surface area contributed by atoms with E-state index in [1.165, 1.54) is 17.7 Å². The van der Waals surface area contributed by atoms with Crippen molar-refractivity contribution in [2.45, 2.75) is 0 Å². The molecule has 0 nitrogen and oxygen atoms in total. The summed E-state index contributed by atoms with van der Waals surface area (Å²) in [5, 5.41) is 0. The molecule has 0 fully saturated rings. The molecule has 43 valence electrons. The summed E-state index contributed by atoms with van der Waals surface area (Å²) in [5.74, 6) is 0. The molecule has 0 atom stereocenters. The quantitative estimate of drug-likeness (QED) is 0.360. The molecule has 0 N–H and O–H groups in total.